The van der Waals surface area contributed by atoms with Gasteiger partial charge in [-0.05, 0) is 46.0 Å². The molecule has 1 rings (SSSR count). The second-order valence-electron chi connectivity index (χ2n) is 7.18. The van der Waals surface area contributed by atoms with Gasteiger partial charge in [0.25, 0.3) is 0 Å². The molecule has 0 aromatic carbocycles. The van der Waals surface area contributed by atoms with Crippen molar-refractivity contribution in [2.24, 2.45) is 5.92 Å². The van der Waals surface area contributed by atoms with Gasteiger partial charge in [0, 0.05) is 32.4 Å². The molecule has 0 radical (unpaired) electrons. The summed E-state index contributed by atoms with van der Waals surface area (Å²) < 4.78 is 11.4. The van der Waals surface area contributed by atoms with Crippen molar-refractivity contribution in [2.75, 3.05) is 26.9 Å². The van der Waals surface area contributed by atoms with Crippen LogP contribution < -0.4 is 5.32 Å². The Morgan fingerprint density at radius 1 is 1.26 bits per heavy atom. The van der Waals surface area contributed by atoms with Crippen LogP contribution in [0.2, 0.25) is 0 Å². The quantitative estimate of drug-likeness (QED) is 0.720. The predicted octanol–water partition coefficient (Wildman–Crippen LogP) is 3.38. The maximum Gasteiger partial charge on any atom is 0.0809 e. The van der Waals surface area contributed by atoms with E-state index in [9.17, 15) is 0 Å². The molecule has 1 aliphatic carbocycles. The monoisotopic (exact) mass is 271 g/mol. The molecule has 1 saturated carbocycles. The molecule has 1 fully saturated rings. The van der Waals surface area contributed by atoms with Crippen LogP contribution in [-0.2, 0) is 9.47 Å². The van der Waals surface area contributed by atoms with Gasteiger partial charge in [0.15, 0.2) is 0 Å². The highest BCUT2D eigenvalue weighted by Gasteiger charge is 2.36. The second-order valence-corrected chi connectivity index (χ2v) is 7.18. The highest BCUT2D eigenvalue weighted by atomic mass is 16.5. The van der Waals surface area contributed by atoms with E-state index in [4.69, 9.17) is 9.47 Å². The Bertz CT molecular complexity index is 250. The first-order valence-corrected chi connectivity index (χ1v) is 7.75. The molecule has 1 aliphatic rings. The minimum Gasteiger partial charge on any atom is -0.385 e. The summed E-state index contributed by atoms with van der Waals surface area (Å²) in [6, 6.07) is 0. The first kappa shape index (κ1) is 16.9. The molecule has 19 heavy (non-hydrogen) atoms. The normalized spacial score (nSPS) is 28.6. The lowest BCUT2D eigenvalue weighted by Gasteiger charge is -2.42. The van der Waals surface area contributed by atoms with Gasteiger partial charge in [-0.3, -0.25) is 0 Å². The van der Waals surface area contributed by atoms with E-state index in [1.807, 2.05) is 0 Å². The molecule has 0 heterocycles. The molecule has 0 saturated heterocycles. The summed E-state index contributed by atoms with van der Waals surface area (Å²) in [5, 5.41) is 3.64. The van der Waals surface area contributed by atoms with Crippen molar-refractivity contribution in [1.82, 2.24) is 5.32 Å². The average molecular weight is 271 g/mol. The van der Waals surface area contributed by atoms with Gasteiger partial charge in [-0.25, -0.2) is 0 Å². The van der Waals surface area contributed by atoms with Gasteiger partial charge in [-0.1, -0.05) is 19.8 Å². The smallest absolute Gasteiger partial charge is 0.0809 e. The van der Waals surface area contributed by atoms with Crippen LogP contribution in [0.1, 0.15) is 59.8 Å². The number of hydrogen-bond donors (Lipinski definition) is 1. The van der Waals surface area contributed by atoms with Crippen LogP contribution in [0.5, 0.6) is 0 Å². The molecule has 0 aromatic rings. The predicted molar refractivity (Wildman–Crippen MR) is 80.6 cm³/mol. The molecule has 0 aromatic heterocycles. The van der Waals surface area contributed by atoms with Crippen molar-refractivity contribution in [3.8, 4) is 0 Å². The summed E-state index contributed by atoms with van der Waals surface area (Å²) in [6.45, 7) is 11.6. The van der Waals surface area contributed by atoms with Crippen LogP contribution >= 0.6 is 0 Å². The Kier molecular flexibility index (Phi) is 6.78. The zero-order valence-electron chi connectivity index (χ0n) is 13.6. The molecular weight excluding hydrogens is 238 g/mol. The summed E-state index contributed by atoms with van der Waals surface area (Å²) in [5.41, 5.74) is 0.197. The maximum absolute atomic E-state index is 6.30. The minimum atomic E-state index is 0.0404. The standard InChI is InChI=1S/C16H33NO2/c1-14-8-6-9-16(12-14,13-17-15(2,3)4)19-11-7-10-18-5/h14,17H,6-13H2,1-5H3. The van der Waals surface area contributed by atoms with Gasteiger partial charge in [0.05, 0.1) is 5.60 Å². The fourth-order valence-corrected chi connectivity index (χ4v) is 2.87. The minimum absolute atomic E-state index is 0.0404. The van der Waals surface area contributed by atoms with E-state index in [0.717, 1.165) is 32.1 Å². The Morgan fingerprint density at radius 3 is 2.58 bits per heavy atom. The van der Waals surface area contributed by atoms with Crippen LogP contribution in [0.25, 0.3) is 0 Å². The first-order valence-electron chi connectivity index (χ1n) is 7.75. The highest BCUT2D eigenvalue weighted by molar-refractivity contribution is 4.91. The molecule has 3 nitrogen and oxygen atoms in total. The Balaban J connectivity index is 2.51. The summed E-state index contributed by atoms with van der Waals surface area (Å²) in [7, 11) is 1.75. The van der Waals surface area contributed by atoms with Gasteiger partial charge in [-0.2, -0.15) is 0 Å². The number of ether oxygens (including phenoxy) is 2. The van der Waals surface area contributed by atoms with Gasteiger partial charge in [0.2, 0.25) is 0 Å². The SMILES string of the molecule is COCCCOC1(CNC(C)(C)C)CCCC(C)C1. The zero-order chi connectivity index (χ0) is 14.4. The van der Waals surface area contributed by atoms with Gasteiger partial charge >= 0.3 is 0 Å². The Labute approximate surface area is 119 Å². The van der Waals surface area contributed by atoms with Crippen molar-refractivity contribution < 1.29 is 9.47 Å². The van der Waals surface area contributed by atoms with E-state index in [0.29, 0.717) is 0 Å². The molecule has 0 spiro atoms. The van der Waals surface area contributed by atoms with E-state index >= 15 is 0 Å². The largest absolute Gasteiger partial charge is 0.385 e. The molecule has 2 unspecified atom stereocenters. The van der Waals surface area contributed by atoms with Crippen molar-refractivity contribution in [3.05, 3.63) is 0 Å². The fourth-order valence-electron chi connectivity index (χ4n) is 2.87. The molecule has 0 aliphatic heterocycles. The van der Waals surface area contributed by atoms with Crippen molar-refractivity contribution >= 4 is 0 Å². The number of rotatable bonds is 7. The van der Waals surface area contributed by atoms with E-state index < -0.39 is 0 Å². The number of hydrogen-bond acceptors (Lipinski definition) is 3. The summed E-state index contributed by atoms with van der Waals surface area (Å²) in [5.74, 6) is 0.776. The molecule has 1 N–H and O–H groups in total. The maximum atomic E-state index is 6.30. The van der Waals surface area contributed by atoms with Crippen molar-refractivity contribution in [2.45, 2.75) is 70.9 Å². The van der Waals surface area contributed by atoms with E-state index in [1.54, 1.807) is 7.11 Å². The van der Waals surface area contributed by atoms with Crippen LogP contribution in [0.3, 0.4) is 0 Å². The highest BCUT2D eigenvalue weighted by Crippen LogP contribution is 2.35. The van der Waals surface area contributed by atoms with Gasteiger partial charge < -0.3 is 14.8 Å². The zero-order valence-corrected chi connectivity index (χ0v) is 13.6. The molecule has 0 amide bonds. The van der Waals surface area contributed by atoms with Crippen molar-refractivity contribution in [3.63, 3.8) is 0 Å². The topological polar surface area (TPSA) is 30.5 Å². The Hall–Kier alpha value is -0.120. The summed E-state index contributed by atoms with van der Waals surface area (Å²) >= 11 is 0. The third-order valence-electron chi connectivity index (χ3n) is 3.89. The summed E-state index contributed by atoms with van der Waals surface area (Å²) in [4.78, 5) is 0. The van der Waals surface area contributed by atoms with E-state index in [1.165, 1.54) is 25.7 Å². The molecule has 114 valence electrons. The molecular formula is C16H33NO2. The van der Waals surface area contributed by atoms with Crippen LogP contribution in [0.4, 0.5) is 0 Å². The molecule has 3 heteroatoms. The second kappa shape index (κ2) is 7.61. The number of methoxy groups -OCH3 is 1. The third kappa shape index (κ3) is 6.73. The van der Waals surface area contributed by atoms with E-state index in [-0.39, 0.29) is 11.1 Å². The van der Waals surface area contributed by atoms with Crippen LogP contribution in [0.15, 0.2) is 0 Å². The molecule has 2 atom stereocenters. The van der Waals surface area contributed by atoms with Crippen molar-refractivity contribution in [1.29, 1.82) is 0 Å². The van der Waals surface area contributed by atoms with Gasteiger partial charge in [-0.15, -0.1) is 0 Å². The van der Waals surface area contributed by atoms with Crippen LogP contribution in [-0.4, -0.2) is 38.0 Å². The average Bonchev–Trinajstić information content (AvgIpc) is 2.32. The fraction of sp³-hybridized carbons (Fsp3) is 1.00. The van der Waals surface area contributed by atoms with E-state index in [2.05, 4.69) is 33.0 Å². The number of nitrogens with one attached hydrogen (secondary N) is 1. The lowest BCUT2D eigenvalue weighted by atomic mass is 9.78. The third-order valence-corrected chi connectivity index (χ3v) is 3.89. The first-order chi connectivity index (χ1) is 8.87. The summed E-state index contributed by atoms with van der Waals surface area (Å²) in [6.07, 6.45) is 5.99. The van der Waals surface area contributed by atoms with Gasteiger partial charge in [0.1, 0.15) is 0 Å². The lowest BCUT2D eigenvalue weighted by Crippen LogP contribution is -2.51. The lowest BCUT2D eigenvalue weighted by molar-refractivity contribution is -0.0857. The Morgan fingerprint density at radius 2 is 2.00 bits per heavy atom. The molecule has 0 bridgehead atoms. The van der Waals surface area contributed by atoms with Crippen LogP contribution in [0, 0.1) is 5.92 Å².